The van der Waals surface area contributed by atoms with Gasteiger partial charge in [0.05, 0.1) is 19.1 Å². The fourth-order valence-corrected chi connectivity index (χ4v) is 3.89. The predicted octanol–water partition coefficient (Wildman–Crippen LogP) is 3.76. The molecule has 0 saturated carbocycles. The van der Waals surface area contributed by atoms with E-state index in [1.807, 2.05) is 30.3 Å². The Hall–Kier alpha value is -2.77. The lowest BCUT2D eigenvalue weighted by Gasteiger charge is -2.07. The van der Waals surface area contributed by atoms with E-state index in [0.29, 0.717) is 36.1 Å². The van der Waals surface area contributed by atoms with Gasteiger partial charge in [0, 0.05) is 10.3 Å². The number of fused-ring (bicyclic) bond motifs is 1. The quantitative estimate of drug-likeness (QED) is 0.677. The van der Waals surface area contributed by atoms with E-state index in [-0.39, 0.29) is 5.97 Å². The van der Waals surface area contributed by atoms with E-state index < -0.39 is 6.10 Å². The van der Waals surface area contributed by atoms with Crippen LogP contribution in [0.3, 0.4) is 0 Å². The lowest BCUT2D eigenvalue weighted by Crippen LogP contribution is -2.03. The molecule has 0 spiro atoms. The van der Waals surface area contributed by atoms with Crippen LogP contribution in [0.15, 0.2) is 46.9 Å². The number of carbonyl (C=O) groups is 1. The molecule has 3 aromatic rings. The van der Waals surface area contributed by atoms with Crippen LogP contribution in [0.1, 0.15) is 40.4 Å². The Morgan fingerprint density at radius 3 is 3.04 bits per heavy atom. The standard InChI is InChI=1S/C20H18N2O4S/c1-2-25-20(24)17-11-14-4-3-12(9-16(14)27-17)10-18-21-22-19(26-18)13-5-7-15(23)8-6-13/h3-7,9,11,15,23H,2,8,10H2,1H3. The summed E-state index contributed by atoms with van der Waals surface area (Å²) in [5.41, 5.74) is 1.85. The van der Waals surface area contributed by atoms with E-state index >= 15 is 0 Å². The lowest BCUT2D eigenvalue weighted by molar-refractivity contribution is 0.0532. The Labute approximate surface area is 159 Å². The molecular weight excluding hydrogens is 364 g/mol. The van der Waals surface area contributed by atoms with E-state index in [1.54, 1.807) is 19.1 Å². The molecular formula is C20H18N2O4S. The normalized spacial score (nSPS) is 16.5. The summed E-state index contributed by atoms with van der Waals surface area (Å²) in [5.74, 6) is 0.683. The minimum absolute atomic E-state index is 0.291. The van der Waals surface area contributed by atoms with Crippen LogP contribution in [-0.2, 0) is 11.2 Å². The highest BCUT2D eigenvalue weighted by molar-refractivity contribution is 7.20. The number of carbonyl (C=O) groups excluding carboxylic acids is 1. The highest BCUT2D eigenvalue weighted by Crippen LogP contribution is 2.28. The van der Waals surface area contributed by atoms with Crippen molar-refractivity contribution in [1.82, 2.24) is 10.2 Å². The summed E-state index contributed by atoms with van der Waals surface area (Å²) < 4.78 is 11.8. The fraction of sp³-hybridized carbons (Fsp3) is 0.250. The number of thiophene rings is 1. The van der Waals surface area contributed by atoms with Gasteiger partial charge in [-0.25, -0.2) is 4.79 Å². The molecule has 0 fully saturated rings. The second-order valence-electron chi connectivity index (χ2n) is 6.20. The molecule has 1 aliphatic rings. The second kappa shape index (κ2) is 7.46. The molecule has 0 amide bonds. The first-order valence-corrected chi connectivity index (χ1v) is 9.53. The molecule has 27 heavy (non-hydrogen) atoms. The molecule has 1 unspecified atom stereocenters. The van der Waals surface area contributed by atoms with Crippen LogP contribution in [-0.4, -0.2) is 34.0 Å². The van der Waals surface area contributed by atoms with Crippen molar-refractivity contribution in [2.45, 2.75) is 25.9 Å². The smallest absolute Gasteiger partial charge is 0.348 e. The number of aromatic nitrogens is 2. The molecule has 2 aromatic heterocycles. The molecule has 1 atom stereocenters. The Bertz CT molecular complexity index is 1050. The minimum Gasteiger partial charge on any atom is -0.462 e. The number of rotatable bonds is 5. The Morgan fingerprint density at radius 1 is 1.37 bits per heavy atom. The summed E-state index contributed by atoms with van der Waals surface area (Å²) in [5, 5.41) is 18.7. The summed E-state index contributed by atoms with van der Waals surface area (Å²) in [6.45, 7) is 2.16. The van der Waals surface area contributed by atoms with Crippen LogP contribution in [0.2, 0.25) is 0 Å². The third-order valence-corrected chi connectivity index (χ3v) is 5.29. The van der Waals surface area contributed by atoms with E-state index in [0.717, 1.165) is 21.2 Å². The first-order valence-electron chi connectivity index (χ1n) is 8.71. The van der Waals surface area contributed by atoms with Crippen molar-refractivity contribution in [2.75, 3.05) is 6.61 Å². The number of hydrogen-bond acceptors (Lipinski definition) is 7. The Balaban J connectivity index is 1.52. The molecule has 7 heteroatoms. The van der Waals surface area contributed by atoms with Crippen molar-refractivity contribution in [2.24, 2.45) is 0 Å². The average molecular weight is 382 g/mol. The summed E-state index contributed by atoms with van der Waals surface area (Å²) in [4.78, 5) is 12.5. The molecule has 1 aromatic carbocycles. The van der Waals surface area contributed by atoms with Gasteiger partial charge in [0.15, 0.2) is 0 Å². The largest absolute Gasteiger partial charge is 0.462 e. The molecule has 0 bridgehead atoms. The monoisotopic (exact) mass is 382 g/mol. The number of aliphatic hydroxyl groups is 1. The van der Waals surface area contributed by atoms with Gasteiger partial charge in [-0.05, 0) is 36.4 Å². The van der Waals surface area contributed by atoms with Crippen molar-refractivity contribution >= 4 is 33.0 Å². The van der Waals surface area contributed by atoms with Crippen molar-refractivity contribution in [1.29, 1.82) is 0 Å². The second-order valence-corrected chi connectivity index (χ2v) is 7.29. The van der Waals surface area contributed by atoms with Gasteiger partial charge < -0.3 is 14.3 Å². The van der Waals surface area contributed by atoms with E-state index in [4.69, 9.17) is 9.15 Å². The van der Waals surface area contributed by atoms with Crippen molar-refractivity contribution in [3.05, 3.63) is 64.7 Å². The number of nitrogens with zero attached hydrogens (tertiary/aromatic N) is 2. The van der Waals surface area contributed by atoms with Crippen LogP contribution in [0.4, 0.5) is 0 Å². The molecule has 2 heterocycles. The first-order chi connectivity index (χ1) is 13.1. The SMILES string of the molecule is CCOC(=O)c1cc2ccc(Cc3nnc(C4=CCC(O)C=C4)o3)cc2s1. The van der Waals surface area contributed by atoms with Crippen molar-refractivity contribution in [3.8, 4) is 0 Å². The van der Waals surface area contributed by atoms with E-state index in [1.165, 1.54) is 11.3 Å². The van der Waals surface area contributed by atoms with E-state index in [9.17, 15) is 9.90 Å². The zero-order valence-electron chi connectivity index (χ0n) is 14.7. The van der Waals surface area contributed by atoms with Gasteiger partial charge in [0.25, 0.3) is 0 Å². The van der Waals surface area contributed by atoms with Crippen molar-refractivity contribution < 1.29 is 19.1 Å². The lowest BCUT2D eigenvalue weighted by atomic mass is 10.1. The number of benzene rings is 1. The third kappa shape index (κ3) is 3.84. The highest BCUT2D eigenvalue weighted by Gasteiger charge is 2.15. The van der Waals surface area contributed by atoms with Crippen LogP contribution in [0.25, 0.3) is 15.7 Å². The first kappa shape index (κ1) is 17.6. The molecule has 4 rings (SSSR count). The van der Waals surface area contributed by atoms with Crippen LogP contribution >= 0.6 is 11.3 Å². The maximum atomic E-state index is 11.9. The topological polar surface area (TPSA) is 85.5 Å². The fourth-order valence-electron chi connectivity index (χ4n) is 2.87. The molecule has 1 aliphatic carbocycles. The molecule has 0 aliphatic heterocycles. The van der Waals surface area contributed by atoms with Crippen LogP contribution in [0, 0.1) is 0 Å². The molecule has 1 N–H and O–H groups in total. The Kier molecular flexibility index (Phi) is 4.87. The maximum Gasteiger partial charge on any atom is 0.348 e. The summed E-state index contributed by atoms with van der Waals surface area (Å²) in [7, 11) is 0. The average Bonchev–Trinajstić information content (AvgIpc) is 3.29. The number of ether oxygens (including phenoxy) is 1. The minimum atomic E-state index is -0.451. The van der Waals surface area contributed by atoms with Gasteiger partial charge in [-0.3, -0.25) is 0 Å². The van der Waals surface area contributed by atoms with Gasteiger partial charge >= 0.3 is 5.97 Å². The zero-order valence-corrected chi connectivity index (χ0v) is 15.5. The van der Waals surface area contributed by atoms with Gasteiger partial charge in [-0.15, -0.1) is 21.5 Å². The van der Waals surface area contributed by atoms with Crippen molar-refractivity contribution in [3.63, 3.8) is 0 Å². The zero-order chi connectivity index (χ0) is 18.8. The molecule has 6 nitrogen and oxygen atoms in total. The van der Waals surface area contributed by atoms with E-state index in [2.05, 4.69) is 10.2 Å². The van der Waals surface area contributed by atoms with Crippen LogP contribution in [0.5, 0.6) is 0 Å². The Morgan fingerprint density at radius 2 is 2.26 bits per heavy atom. The summed E-state index contributed by atoms with van der Waals surface area (Å²) in [6.07, 6.45) is 5.99. The third-order valence-electron chi connectivity index (χ3n) is 4.21. The predicted molar refractivity (Wildman–Crippen MR) is 103 cm³/mol. The molecule has 0 radical (unpaired) electrons. The number of hydrogen-bond donors (Lipinski definition) is 1. The van der Waals surface area contributed by atoms with Gasteiger partial charge in [-0.2, -0.15) is 0 Å². The van der Waals surface area contributed by atoms with Gasteiger partial charge in [0.2, 0.25) is 11.8 Å². The molecule has 0 saturated heterocycles. The molecule has 138 valence electrons. The number of esters is 1. The number of allylic oxidation sites excluding steroid dienone is 2. The van der Waals surface area contributed by atoms with Crippen LogP contribution < -0.4 is 0 Å². The maximum absolute atomic E-state index is 11.9. The highest BCUT2D eigenvalue weighted by atomic mass is 32.1. The summed E-state index contributed by atoms with van der Waals surface area (Å²) >= 11 is 1.42. The summed E-state index contributed by atoms with van der Waals surface area (Å²) in [6, 6.07) is 7.85. The van der Waals surface area contributed by atoms with Gasteiger partial charge in [-0.1, -0.05) is 30.4 Å². The number of aliphatic hydroxyl groups excluding tert-OH is 1. The van der Waals surface area contributed by atoms with Gasteiger partial charge in [0.1, 0.15) is 4.88 Å².